The molecule has 98 heavy (non-hydrogen) atoms. The fraction of sp³-hybridized carbons (Fsp3) is 0.949. The molecular formula is C79H154O17P2. The Labute approximate surface area is 600 Å². The van der Waals surface area contributed by atoms with Crippen molar-refractivity contribution in [3.8, 4) is 0 Å². The molecule has 0 saturated heterocycles. The lowest BCUT2D eigenvalue weighted by Gasteiger charge is -2.21. The second-order valence-electron chi connectivity index (χ2n) is 28.5. The van der Waals surface area contributed by atoms with Gasteiger partial charge in [0.25, 0.3) is 0 Å². The molecule has 0 rings (SSSR count). The Morgan fingerprint density at radius 1 is 0.245 bits per heavy atom. The van der Waals surface area contributed by atoms with Gasteiger partial charge >= 0.3 is 39.5 Å². The third-order valence-corrected chi connectivity index (χ3v) is 20.5. The summed E-state index contributed by atoms with van der Waals surface area (Å²) in [4.78, 5) is 72.8. The predicted octanol–water partition coefficient (Wildman–Crippen LogP) is 23.8. The lowest BCUT2D eigenvalue weighted by molar-refractivity contribution is -0.161. The molecule has 0 fully saturated rings. The fourth-order valence-electron chi connectivity index (χ4n) is 12.3. The molecule has 19 heteroatoms. The van der Waals surface area contributed by atoms with Crippen molar-refractivity contribution in [2.45, 2.75) is 444 Å². The number of hydrogen-bond donors (Lipinski definition) is 3. The number of aliphatic hydroxyl groups is 1. The fourth-order valence-corrected chi connectivity index (χ4v) is 13.9. The molecule has 0 saturated carbocycles. The standard InChI is InChI=1S/C79H154O17P2/c1-5-9-13-17-21-25-28-31-33-34-35-36-37-38-39-40-43-46-50-54-58-62-66-79(84)96-75(70-90-77(82)64-60-56-52-48-44-42-32-29-26-22-18-14-10-6-2)72-94-98(87,88)92-68-73(80)67-91-97(85,86)93-71-74(69-89-76(81)63-59-55-51-47-24-20-16-12-8-4)95-78(83)65-61-57-53-49-45-41-30-27-23-19-15-11-7-3/h73-75,80H,5-72H2,1-4H3,(H,85,86)(H,87,88)/t73-,74+,75+/m0/s1. The van der Waals surface area contributed by atoms with E-state index in [2.05, 4.69) is 27.7 Å². The minimum absolute atomic E-state index is 0.108. The van der Waals surface area contributed by atoms with Crippen LogP contribution in [0, 0.1) is 0 Å². The maximum atomic E-state index is 13.1. The first-order valence-corrected chi connectivity index (χ1v) is 44.3. The number of carbonyl (C=O) groups excluding carboxylic acids is 4. The third-order valence-electron chi connectivity index (χ3n) is 18.6. The van der Waals surface area contributed by atoms with E-state index in [4.69, 9.17) is 37.0 Å². The van der Waals surface area contributed by atoms with Crippen LogP contribution in [0.1, 0.15) is 426 Å². The molecule has 17 nitrogen and oxygen atoms in total. The maximum Gasteiger partial charge on any atom is 0.472 e. The van der Waals surface area contributed by atoms with Gasteiger partial charge in [0, 0.05) is 25.7 Å². The zero-order valence-electron chi connectivity index (χ0n) is 63.8. The van der Waals surface area contributed by atoms with Crippen LogP contribution in [0.5, 0.6) is 0 Å². The van der Waals surface area contributed by atoms with Gasteiger partial charge in [-0.15, -0.1) is 0 Å². The number of phosphoric ester groups is 2. The Morgan fingerprint density at radius 3 is 0.602 bits per heavy atom. The van der Waals surface area contributed by atoms with Crippen LogP contribution in [0.15, 0.2) is 0 Å². The van der Waals surface area contributed by atoms with Crippen molar-refractivity contribution >= 4 is 39.5 Å². The van der Waals surface area contributed by atoms with Crippen LogP contribution in [0.2, 0.25) is 0 Å². The van der Waals surface area contributed by atoms with Crippen molar-refractivity contribution in [3.05, 3.63) is 0 Å². The van der Waals surface area contributed by atoms with Crippen molar-refractivity contribution < 1.29 is 80.2 Å². The Hall–Kier alpha value is -1.94. The number of esters is 4. The largest absolute Gasteiger partial charge is 0.472 e. The van der Waals surface area contributed by atoms with E-state index >= 15 is 0 Å². The summed E-state index contributed by atoms with van der Waals surface area (Å²) in [6.07, 6.45) is 65.3. The van der Waals surface area contributed by atoms with E-state index in [0.717, 1.165) is 89.9 Å². The topological polar surface area (TPSA) is 237 Å². The highest BCUT2D eigenvalue weighted by atomic mass is 31.2. The van der Waals surface area contributed by atoms with Crippen LogP contribution in [-0.2, 0) is 65.4 Å². The predicted molar refractivity (Wildman–Crippen MR) is 400 cm³/mol. The first-order chi connectivity index (χ1) is 47.7. The number of hydrogen-bond acceptors (Lipinski definition) is 15. The number of phosphoric acid groups is 2. The van der Waals surface area contributed by atoms with Crippen LogP contribution in [0.25, 0.3) is 0 Å². The Balaban J connectivity index is 5.18. The van der Waals surface area contributed by atoms with E-state index in [0.29, 0.717) is 25.7 Å². The molecule has 3 N–H and O–H groups in total. The van der Waals surface area contributed by atoms with Gasteiger partial charge in [-0.05, 0) is 25.7 Å². The first kappa shape index (κ1) is 96.1. The number of unbranched alkanes of at least 4 members (excludes halogenated alkanes) is 54. The van der Waals surface area contributed by atoms with Crippen LogP contribution in [0.4, 0.5) is 0 Å². The number of ether oxygens (including phenoxy) is 4. The lowest BCUT2D eigenvalue weighted by atomic mass is 10.0. The number of aliphatic hydroxyl groups excluding tert-OH is 1. The number of carbonyl (C=O) groups is 4. The quantitative estimate of drug-likeness (QED) is 0.0222. The zero-order chi connectivity index (χ0) is 71.8. The molecule has 0 aliphatic carbocycles. The minimum atomic E-state index is -4.96. The van der Waals surface area contributed by atoms with Crippen molar-refractivity contribution in [2.24, 2.45) is 0 Å². The van der Waals surface area contributed by atoms with Gasteiger partial charge < -0.3 is 33.8 Å². The van der Waals surface area contributed by atoms with E-state index in [9.17, 15) is 43.2 Å². The average molecular weight is 1440 g/mol. The summed E-state index contributed by atoms with van der Waals surface area (Å²) in [6, 6.07) is 0. The van der Waals surface area contributed by atoms with E-state index in [1.807, 2.05) is 0 Å². The molecule has 2 unspecified atom stereocenters. The van der Waals surface area contributed by atoms with Gasteiger partial charge in [-0.25, -0.2) is 9.13 Å². The summed E-state index contributed by atoms with van der Waals surface area (Å²) in [5.41, 5.74) is 0. The van der Waals surface area contributed by atoms with E-state index < -0.39 is 97.5 Å². The van der Waals surface area contributed by atoms with E-state index in [1.165, 1.54) is 257 Å². The Morgan fingerprint density at radius 2 is 0.408 bits per heavy atom. The van der Waals surface area contributed by atoms with Crippen LogP contribution < -0.4 is 0 Å². The van der Waals surface area contributed by atoms with Crippen molar-refractivity contribution in [1.82, 2.24) is 0 Å². The normalized spacial score (nSPS) is 13.8. The highest BCUT2D eigenvalue weighted by Crippen LogP contribution is 2.45. The molecule has 0 radical (unpaired) electrons. The molecule has 0 amide bonds. The summed E-state index contributed by atoms with van der Waals surface area (Å²) in [5, 5.41) is 10.6. The van der Waals surface area contributed by atoms with Gasteiger partial charge in [0.1, 0.15) is 19.3 Å². The first-order valence-electron chi connectivity index (χ1n) is 41.3. The summed E-state index contributed by atoms with van der Waals surface area (Å²) < 4.78 is 68.6. The minimum Gasteiger partial charge on any atom is -0.462 e. The van der Waals surface area contributed by atoms with Gasteiger partial charge in [-0.3, -0.25) is 37.3 Å². The van der Waals surface area contributed by atoms with Crippen LogP contribution >= 0.6 is 15.6 Å². The molecule has 0 aromatic rings. The van der Waals surface area contributed by atoms with Crippen molar-refractivity contribution in [1.29, 1.82) is 0 Å². The van der Waals surface area contributed by atoms with Gasteiger partial charge in [0.05, 0.1) is 26.4 Å². The summed E-state index contributed by atoms with van der Waals surface area (Å²) in [7, 11) is -9.91. The smallest absolute Gasteiger partial charge is 0.462 e. The lowest BCUT2D eigenvalue weighted by Crippen LogP contribution is -2.30. The number of rotatable bonds is 80. The van der Waals surface area contributed by atoms with E-state index in [1.54, 1.807) is 0 Å². The molecule has 582 valence electrons. The summed E-state index contributed by atoms with van der Waals surface area (Å²) in [6.45, 7) is 4.99. The average Bonchev–Trinajstić information content (AvgIpc) is 1.35. The highest BCUT2D eigenvalue weighted by molar-refractivity contribution is 7.47. The highest BCUT2D eigenvalue weighted by Gasteiger charge is 2.30. The molecule has 0 bridgehead atoms. The van der Waals surface area contributed by atoms with Crippen LogP contribution in [0.3, 0.4) is 0 Å². The maximum absolute atomic E-state index is 13.1. The molecule has 0 aliphatic heterocycles. The SMILES string of the molecule is CCCCCCCCCCCCCCCCCCCCCCCCC(=O)O[C@H](COC(=O)CCCCCCCCCCCCCCCC)COP(=O)(O)OC[C@@H](O)COP(=O)(O)OC[C@@H](COC(=O)CCCCCCCCCCC)OC(=O)CCCCCCCCCCCCCCC. The summed E-state index contributed by atoms with van der Waals surface area (Å²) in [5.74, 6) is -2.11. The van der Waals surface area contributed by atoms with Gasteiger partial charge in [0.15, 0.2) is 12.2 Å². The van der Waals surface area contributed by atoms with Gasteiger partial charge in [-0.1, -0.05) is 374 Å². The van der Waals surface area contributed by atoms with Crippen molar-refractivity contribution in [3.63, 3.8) is 0 Å². The molecule has 0 spiro atoms. The Kier molecular flexibility index (Phi) is 71.9. The molecule has 5 atom stereocenters. The Bertz CT molecular complexity index is 1860. The van der Waals surface area contributed by atoms with Crippen LogP contribution in [-0.4, -0.2) is 96.7 Å². The van der Waals surface area contributed by atoms with Gasteiger partial charge in [-0.2, -0.15) is 0 Å². The van der Waals surface area contributed by atoms with E-state index in [-0.39, 0.29) is 25.7 Å². The summed E-state index contributed by atoms with van der Waals surface area (Å²) >= 11 is 0. The molecule has 0 aromatic carbocycles. The van der Waals surface area contributed by atoms with Crippen molar-refractivity contribution in [2.75, 3.05) is 39.6 Å². The van der Waals surface area contributed by atoms with Gasteiger partial charge in [0.2, 0.25) is 0 Å². The second-order valence-corrected chi connectivity index (χ2v) is 31.4. The zero-order valence-corrected chi connectivity index (χ0v) is 65.6. The molecule has 0 heterocycles. The third kappa shape index (κ3) is 72.4. The molecule has 0 aliphatic rings. The molecule has 0 aromatic heterocycles. The second kappa shape index (κ2) is 73.4. The molecular weight excluding hydrogens is 1280 g/mol. The monoisotopic (exact) mass is 1440 g/mol.